The first-order valence-corrected chi connectivity index (χ1v) is 2.38. The topological polar surface area (TPSA) is 51.8 Å². The Morgan fingerprint density at radius 2 is 2.10 bits per heavy atom. The van der Waals surface area contributed by atoms with Crippen molar-refractivity contribution in [3.05, 3.63) is 24.3 Å². The van der Waals surface area contributed by atoms with Gasteiger partial charge in [-0.1, -0.05) is 0 Å². The lowest BCUT2D eigenvalue weighted by molar-refractivity contribution is 0.964. The van der Waals surface area contributed by atoms with Gasteiger partial charge in [-0.15, -0.1) is 24.8 Å². The van der Waals surface area contributed by atoms with Crippen LogP contribution in [0.1, 0.15) is 5.69 Å². The predicted octanol–water partition coefficient (Wildman–Crippen LogP) is 0.779. The molecule has 0 aromatic carbocycles. The van der Waals surface area contributed by atoms with Gasteiger partial charge >= 0.3 is 0 Å². The van der Waals surface area contributed by atoms with E-state index in [4.69, 9.17) is 5.73 Å². The minimum Gasteiger partial charge on any atom is -0.325 e. The monoisotopic (exact) mass is 181 g/mol. The third-order valence-electron chi connectivity index (χ3n) is 0.852. The molecule has 0 saturated heterocycles. The maximum absolute atomic E-state index is 5.26. The highest BCUT2D eigenvalue weighted by Gasteiger charge is 1.82. The van der Waals surface area contributed by atoms with Crippen molar-refractivity contribution in [1.29, 1.82) is 0 Å². The Balaban J connectivity index is 0. The summed E-state index contributed by atoms with van der Waals surface area (Å²) in [6.07, 6.45) is 3.16. The summed E-state index contributed by atoms with van der Waals surface area (Å²) in [4.78, 5) is 7.59. The highest BCUT2D eigenvalue weighted by molar-refractivity contribution is 5.85. The van der Waals surface area contributed by atoms with Crippen molar-refractivity contribution in [2.24, 2.45) is 5.73 Å². The zero-order chi connectivity index (χ0) is 5.82. The van der Waals surface area contributed by atoms with Crippen molar-refractivity contribution in [3.8, 4) is 0 Å². The minimum atomic E-state index is 0. The van der Waals surface area contributed by atoms with Crippen LogP contribution in [0.15, 0.2) is 18.6 Å². The number of rotatable bonds is 1. The van der Waals surface area contributed by atoms with Gasteiger partial charge in [-0.25, -0.2) is 9.97 Å². The van der Waals surface area contributed by atoms with Gasteiger partial charge in [-0.05, 0) is 6.07 Å². The molecular formula is C5H9Cl2N3. The molecule has 1 aromatic heterocycles. The van der Waals surface area contributed by atoms with E-state index in [0.717, 1.165) is 5.69 Å². The minimum absolute atomic E-state index is 0. The van der Waals surface area contributed by atoms with E-state index >= 15 is 0 Å². The second-order valence-corrected chi connectivity index (χ2v) is 1.40. The summed E-state index contributed by atoms with van der Waals surface area (Å²) >= 11 is 0. The Hall–Kier alpha value is -0.380. The van der Waals surface area contributed by atoms with Gasteiger partial charge in [-0.3, -0.25) is 0 Å². The Labute approximate surface area is 71.9 Å². The van der Waals surface area contributed by atoms with Crippen molar-refractivity contribution >= 4 is 24.8 Å². The smallest absolute Gasteiger partial charge is 0.115 e. The van der Waals surface area contributed by atoms with E-state index in [2.05, 4.69) is 9.97 Å². The SMILES string of the molecule is Cl.Cl.NCc1ccncn1. The van der Waals surface area contributed by atoms with Crippen LogP contribution in [0.3, 0.4) is 0 Å². The number of halogens is 2. The number of aromatic nitrogens is 2. The van der Waals surface area contributed by atoms with E-state index in [1.807, 2.05) is 0 Å². The highest BCUT2D eigenvalue weighted by Crippen LogP contribution is 1.84. The van der Waals surface area contributed by atoms with Crippen LogP contribution in [0, 0.1) is 0 Å². The zero-order valence-electron chi connectivity index (χ0n) is 5.23. The molecular weight excluding hydrogens is 173 g/mol. The standard InChI is InChI=1S/C5H7N3.2ClH/c6-3-5-1-2-7-4-8-5;;/h1-2,4H,3,6H2;2*1H. The van der Waals surface area contributed by atoms with Crippen LogP contribution < -0.4 is 5.73 Å². The molecule has 1 aromatic rings. The highest BCUT2D eigenvalue weighted by atomic mass is 35.5. The summed E-state index contributed by atoms with van der Waals surface area (Å²) in [5.74, 6) is 0. The van der Waals surface area contributed by atoms with Crippen molar-refractivity contribution in [1.82, 2.24) is 9.97 Å². The average molecular weight is 182 g/mol. The molecule has 0 amide bonds. The van der Waals surface area contributed by atoms with E-state index in [1.165, 1.54) is 6.33 Å². The van der Waals surface area contributed by atoms with Gasteiger partial charge in [0.1, 0.15) is 6.33 Å². The molecule has 0 aliphatic heterocycles. The van der Waals surface area contributed by atoms with Gasteiger partial charge in [0.15, 0.2) is 0 Å². The van der Waals surface area contributed by atoms with Crippen LogP contribution in [0.5, 0.6) is 0 Å². The summed E-state index contributed by atoms with van der Waals surface area (Å²) in [6, 6.07) is 1.79. The number of hydrogen-bond donors (Lipinski definition) is 1. The van der Waals surface area contributed by atoms with Crippen LogP contribution in [-0.2, 0) is 6.54 Å². The third kappa shape index (κ3) is 3.61. The lowest BCUT2D eigenvalue weighted by atomic mass is 10.4. The van der Waals surface area contributed by atoms with E-state index < -0.39 is 0 Å². The van der Waals surface area contributed by atoms with E-state index in [0.29, 0.717) is 6.54 Å². The molecule has 0 radical (unpaired) electrons. The molecule has 0 spiro atoms. The summed E-state index contributed by atoms with van der Waals surface area (Å²) in [5.41, 5.74) is 6.13. The van der Waals surface area contributed by atoms with Gasteiger partial charge in [0.25, 0.3) is 0 Å². The molecule has 0 unspecified atom stereocenters. The zero-order valence-corrected chi connectivity index (χ0v) is 6.86. The van der Waals surface area contributed by atoms with E-state index in [1.54, 1.807) is 12.3 Å². The quantitative estimate of drug-likeness (QED) is 0.698. The van der Waals surface area contributed by atoms with Crippen LogP contribution in [0.4, 0.5) is 0 Å². The first-order chi connectivity index (χ1) is 3.93. The Morgan fingerprint density at radius 3 is 2.40 bits per heavy atom. The number of hydrogen-bond acceptors (Lipinski definition) is 3. The maximum atomic E-state index is 5.26. The first kappa shape index (κ1) is 12.3. The lowest BCUT2D eigenvalue weighted by Crippen LogP contribution is -1.98. The predicted molar refractivity (Wildman–Crippen MR) is 44.4 cm³/mol. The fourth-order valence-corrected chi connectivity index (χ4v) is 0.439. The molecule has 0 fully saturated rings. The van der Waals surface area contributed by atoms with Crippen molar-refractivity contribution < 1.29 is 0 Å². The molecule has 0 saturated carbocycles. The van der Waals surface area contributed by atoms with Gasteiger partial charge in [0.2, 0.25) is 0 Å². The fourth-order valence-electron chi connectivity index (χ4n) is 0.439. The van der Waals surface area contributed by atoms with Crippen LogP contribution in [-0.4, -0.2) is 9.97 Å². The second kappa shape index (κ2) is 6.74. The van der Waals surface area contributed by atoms with Crippen LogP contribution in [0.25, 0.3) is 0 Å². The van der Waals surface area contributed by atoms with Gasteiger partial charge in [0, 0.05) is 12.7 Å². The molecule has 0 atom stereocenters. The van der Waals surface area contributed by atoms with Crippen LogP contribution in [0.2, 0.25) is 0 Å². The van der Waals surface area contributed by atoms with Gasteiger partial charge in [0.05, 0.1) is 5.69 Å². The molecule has 5 heteroatoms. The van der Waals surface area contributed by atoms with Crippen molar-refractivity contribution in [2.45, 2.75) is 6.54 Å². The Morgan fingerprint density at radius 1 is 1.40 bits per heavy atom. The molecule has 3 nitrogen and oxygen atoms in total. The summed E-state index contributed by atoms with van der Waals surface area (Å²) in [6.45, 7) is 0.489. The third-order valence-corrected chi connectivity index (χ3v) is 0.852. The molecule has 0 aliphatic carbocycles. The van der Waals surface area contributed by atoms with E-state index in [-0.39, 0.29) is 24.8 Å². The largest absolute Gasteiger partial charge is 0.325 e. The molecule has 0 bridgehead atoms. The van der Waals surface area contributed by atoms with Crippen LogP contribution >= 0.6 is 24.8 Å². The Bertz CT molecular complexity index is 156. The normalized spacial score (nSPS) is 7.30. The van der Waals surface area contributed by atoms with Crippen molar-refractivity contribution in [3.63, 3.8) is 0 Å². The molecule has 2 N–H and O–H groups in total. The molecule has 58 valence electrons. The van der Waals surface area contributed by atoms with Gasteiger partial charge in [-0.2, -0.15) is 0 Å². The lowest BCUT2D eigenvalue weighted by Gasteiger charge is -1.88. The summed E-state index contributed by atoms with van der Waals surface area (Å²) in [5, 5.41) is 0. The molecule has 0 aliphatic rings. The second-order valence-electron chi connectivity index (χ2n) is 1.40. The summed E-state index contributed by atoms with van der Waals surface area (Å²) in [7, 11) is 0. The van der Waals surface area contributed by atoms with Crippen molar-refractivity contribution in [2.75, 3.05) is 0 Å². The van der Waals surface area contributed by atoms with E-state index in [9.17, 15) is 0 Å². The maximum Gasteiger partial charge on any atom is 0.115 e. The molecule has 10 heavy (non-hydrogen) atoms. The number of nitrogens with zero attached hydrogens (tertiary/aromatic N) is 2. The Kier molecular flexibility index (Phi) is 8.29. The fraction of sp³-hybridized carbons (Fsp3) is 0.200. The van der Waals surface area contributed by atoms with Gasteiger partial charge < -0.3 is 5.73 Å². The molecule has 1 heterocycles. The summed E-state index contributed by atoms with van der Waals surface area (Å²) < 4.78 is 0. The first-order valence-electron chi connectivity index (χ1n) is 2.38. The molecule has 1 rings (SSSR count). The average Bonchev–Trinajstić information content (AvgIpc) is 1.90. The number of nitrogens with two attached hydrogens (primary N) is 1.